The number of esters is 1. The topological polar surface area (TPSA) is 145 Å². The number of carbonyl (C=O) groups excluding carboxylic acids is 3. The Bertz CT molecular complexity index is 934. The van der Waals surface area contributed by atoms with Crippen LogP contribution >= 0.6 is 23.1 Å². The van der Waals surface area contributed by atoms with Crippen molar-refractivity contribution in [3.05, 3.63) is 49.9 Å². The molecule has 2 heterocycles. The van der Waals surface area contributed by atoms with Gasteiger partial charge in [0.25, 0.3) is 0 Å². The van der Waals surface area contributed by atoms with Crippen molar-refractivity contribution in [1.29, 1.82) is 0 Å². The number of nitrogens with two attached hydrogens (primary N) is 2. The van der Waals surface area contributed by atoms with Gasteiger partial charge in [0, 0.05) is 10.8 Å². The number of aromatic nitrogens is 1. The second-order valence-corrected chi connectivity index (χ2v) is 7.83. The molecule has 0 radical (unpaired) electrons. The molecule has 2 amide bonds. The first kappa shape index (κ1) is 18.2. The molecule has 1 aromatic carbocycles. The predicted octanol–water partition coefficient (Wildman–Crippen LogP) is 0.416. The van der Waals surface area contributed by atoms with Crippen LogP contribution in [-0.4, -0.2) is 35.1 Å². The lowest BCUT2D eigenvalue weighted by Gasteiger charge is -2.33. The van der Waals surface area contributed by atoms with Crippen LogP contribution < -0.4 is 16.3 Å². The third-order valence-corrected chi connectivity index (χ3v) is 6.59. The summed E-state index contributed by atoms with van der Waals surface area (Å²) in [5, 5.41) is -0.404. The quantitative estimate of drug-likeness (QED) is 0.642. The Morgan fingerprint density at radius 1 is 1.12 bits per heavy atom. The van der Waals surface area contributed by atoms with E-state index in [1.807, 2.05) is 0 Å². The molecular weight excluding hydrogens is 378 g/mol. The fourth-order valence-electron chi connectivity index (χ4n) is 3.01. The zero-order valence-electron chi connectivity index (χ0n) is 13.6. The molecule has 3 rings (SSSR count). The van der Waals surface area contributed by atoms with Crippen molar-refractivity contribution in [2.45, 2.75) is 16.2 Å². The molecule has 0 spiro atoms. The Hall–Kier alpha value is -2.59. The molecular formula is C16H15N3O5S2. The van der Waals surface area contributed by atoms with E-state index in [-0.39, 0.29) is 4.87 Å². The van der Waals surface area contributed by atoms with Gasteiger partial charge in [0.1, 0.15) is 5.25 Å². The number of H-pyrrole nitrogens is 1. The van der Waals surface area contributed by atoms with E-state index in [0.29, 0.717) is 21.0 Å². The van der Waals surface area contributed by atoms with Gasteiger partial charge >= 0.3 is 10.8 Å². The monoisotopic (exact) mass is 393 g/mol. The lowest BCUT2D eigenvalue weighted by atomic mass is 9.81. The molecule has 0 saturated carbocycles. The van der Waals surface area contributed by atoms with Crippen molar-refractivity contribution >= 4 is 40.9 Å². The zero-order valence-corrected chi connectivity index (χ0v) is 15.2. The number of primary amides is 2. The molecule has 0 saturated heterocycles. The Labute approximate surface area is 155 Å². The van der Waals surface area contributed by atoms with Crippen LogP contribution in [0.2, 0.25) is 0 Å². The first-order valence-electron chi connectivity index (χ1n) is 7.50. The van der Waals surface area contributed by atoms with Crippen molar-refractivity contribution in [3.8, 4) is 0 Å². The van der Waals surface area contributed by atoms with Crippen LogP contribution in [0.5, 0.6) is 0 Å². The molecule has 10 heteroatoms. The van der Waals surface area contributed by atoms with E-state index in [4.69, 9.17) is 11.5 Å². The van der Waals surface area contributed by atoms with E-state index in [1.165, 1.54) is 7.11 Å². The molecule has 1 aliphatic heterocycles. The van der Waals surface area contributed by atoms with Gasteiger partial charge in [0.05, 0.1) is 23.6 Å². The summed E-state index contributed by atoms with van der Waals surface area (Å²) >= 11 is 2.00. The number of carbonyl (C=O) groups is 3. The number of benzene rings is 1. The van der Waals surface area contributed by atoms with Crippen molar-refractivity contribution in [1.82, 2.24) is 4.98 Å². The van der Waals surface area contributed by atoms with Crippen LogP contribution in [-0.2, 0) is 14.3 Å². The van der Waals surface area contributed by atoms with Crippen LogP contribution in [0.15, 0.2) is 34.1 Å². The van der Waals surface area contributed by atoms with Gasteiger partial charge in [-0.1, -0.05) is 35.2 Å². The van der Waals surface area contributed by atoms with Gasteiger partial charge in [-0.15, -0.1) is 0 Å². The fourth-order valence-corrected chi connectivity index (χ4v) is 5.45. The molecule has 8 nitrogen and oxygen atoms in total. The molecule has 5 N–H and O–H groups in total. The number of methoxy groups -OCH3 is 1. The van der Waals surface area contributed by atoms with E-state index in [9.17, 15) is 19.2 Å². The van der Waals surface area contributed by atoms with E-state index >= 15 is 0 Å². The Balaban J connectivity index is 2.14. The van der Waals surface area contributed by atoms with Gasteiger partial charge in [-0.25, -0.2) is 4.79 Å². The average Bonchev–Trinajstić information content (AvgIpc) is 2.99. The highest BCUT2D eigenvalue weighted by atomic mass is 32.2. The minimum atomic E-state index is -0.916. The van der Waals surface area contributed by atoms with E-state index in [0.717, 1.165) is 23.1 Å². The van der Waals surface area contributed by atoms with Gasteiger partial charge in [0.15, 0.2) is 0 Å². The molecule has 2 aromatic rings. The zero-order chi connectivity index (χ0) is 19.0. The summed E-state index contributed by atoms with van der Waals surface area (Å²) in [7, 11) is 1.28. The number of thioether (sulfide) groups is 1. The van der Waals surface area contributed by atoms with Crippen LogP contribution in [0.25, 0.3) is 0 Å². The number of hydrogen-bond donors (Lipinski definition) is 3. The lowest BCUT2D eigenvalue weighted by Crippen LogP contribution is -2.45. The van der Waals surface area contributed by atoms with Gasteiger partial charge in [-0.05, 0) is 17.7 Å². The summed E-state index contributed by atoms with van der Waals surface area (Å²) in [6.45, 7) is 0. The summed E-state index contributed by atoms with van der Waals surface area (Å²) in [6.07, 6.45) is 0. The van der Waals surface area contributed by atoms with Crippen molar-refractivity contribution in [2.24, 2.45) is 17.4 Å². The maximum absolute atomic E-state index is 12.1. The van der Waals surface area contributed by atoms with E-state index in [2.05, 4.69) is 9.72 Å². The Morgan fingerprint density at radius 3 is 2.31 bits per heavy atom. The summed E-state index contributed by atoms with van der Waals surface area (Å²) in [6, 6.07) is 6.40. The van der Waals surface area contributed by atoms with Gasteiger partial charge in [-0.3, -0.25) is 14.4 Å². The second kappa shape index (κ2) is 6.96. The first-order valence-corrected chi connectivity index (χ1v) is 9.19. The number of hydrogen-bond acceptors (Lipinski definition) is 7. The number of ether oxygens (including phenoxy) is 1. The van der Waals surface area contributed by atoms with Crippen molar-refractivity contribution in [3.63, 3.8) is 0 Å². The number of nitrogens with one attached hydrogen (secondary N) is 1. The molecule has 3 atom stereocenters. The molecule has 26 heavy (non-hydrogen) atoms. The number of fused-ring (bicyclic) bond motifs is 1. The SMILES string of the molecule is COC(=O)c1ccc([C@@H]2c3sc(=O)[nH]c3S[C@H](C(N)=O)[C@H]2C(N)=O)cc1. The number of aromatic amines is 1. The maximum Gasteiger partial charge on any atom is 0.337 e. The molecule has 136 valence electrons. The minimum absolute atomic E-state index is 0.299. The summed E-state index contributed by atoms with van der Waals surface area (Å²) < 4.78 is 4.67. The van der Waals surface area contributed by atoms with E-state index in [1.54, 1.807) is 24.3 Å². The summed E-state index contributed by atoms with van der Waals surface area (Å²) in [5.74, 6) is -3.40. The van der Waals surface area contributed by atoms with Gasteiger partial charge in [0.2, 0.25) is 11.8 Å². The van der Waals surface area contributed by atoms with Crippen LogP contribution in [0.1, 0.15) is 26.7 Å². The number of rotatable bonds is 4. The fraction of sp³-hybridized carbons (Fsp3) is 0.250. The van der Waals surface area contributed by atoms with Crippen LogP contribution in [0, 0.1) is 5.92 Å². The third kappa shape index (κ3) is 3.13. The highest BCUT2D eigenvalue weighted by Gasteiger charge is 2.46. The number of amides is 2. The Kier molecular flexibility index (Phi) is 4.88. The molecule has 0 fully saturated rings. The van der Waals surface area contributed by atoms with Crippen molar-refractivity contribution in [2.75, 3.05) is 7.11 Å². The first-order chi connectivity index (χ1) is 12.3. The summed E-state index contributed by atoms with van der Waals surface area (Å²) in [5.41, 5.74) is 12.0. The Morgan fingerprint density at radius 2 is 1.77 bits per heavy atom. The standard InChI is InChI=1S/C16H15N3O5S2/c1-24-15(22)7-4-2-6(3-5-7)8-9(12(17)20)10(13(18)21)25-14-11(8)26-16(23)19-14/h2-5,8-10H,1H3,(H2,17,20)(H2,18,21)(H,19,23)/t8-,9-,10-/m0/s1. The summed E-state index contributed by atoms with van der Waals surface area (Å²) in [4.78, 5) is 50.4. The second-order valence-electron chi connectivity index (χ2n) is 5.67. The minimum Gasteiger partial charge on any atom is -0.465 e. The normalized spacial score (nSPS) is 21.7. The molecule has 0 unspecified atom stereocenters. The number of thiazole rings is 1. The van der Waals surface area contributed by atoms with Crippen LogP contribution in [0.4, 0.5) is 0 Å². The highest BCUT2D eigenvalue weighted by molar-refractivity contribution is 8.00. The molecule has 0 bridgehead atoms. The smallest absolute Gasteiger partial charge is 0.337 e. The predicted molar refractivity (Wildman–Crippen MR) is 96.1 cm³/mol. The van der Waals surface area contributed by atoms with Gasteiger partial charge < -0.3 is 21.2 Å². The average molecular weight is 393 g/mol. The molecule has 0 aliphatic carbocycles. The molecule has 1 aliphatic rings. The van der Waals surface area contributed by atoms with Gasteiger partial charge in [-0.2, -0.15) is 0 Å². The van der Waals surface area contributed by atoms with Crippen LogP contribution in [0.3, 0.4) is 0 Å². The maximum atomic E-state index is 12.1. The molecule has 1 aromatic heterocycles. The lowest BCUT2D eigenvalue weighted by molar-refractivity contribution is -0.126. The van der Waals surface area contributed by atoms with E-state index < -0.39 is 34.9 Å². The van der Waals surface area contributed by atoms with Crippen molar-refractivity contribution < 1.29 is 19.1 Å². The largest absolute Gasteiger partial charge is 0.465 e. The highest BCUT2D eigenvalue weighted by Crippen LogP contribution is 2.48. The third-order valence-electron chi connectivity index (χ3n) is 4.15.